The van der Waals surface area contributed by atoms with Crippen molar-refractivity contribution >= 4 is 22.3 Å². The maximum absolute atomic E-state index is 11.2. The third-order valence-corrected chi connectivity index (χ3v) is 5.82. The fourth-order valence-corrected chi connectivity index (χ4v) is 4.44. The van der Waals surface area contributed by atoms with Crippen molar-refractivity contribution in [1.29, 1.82) is 0 Å². The summed E-state index contributed by atoms with van der Waals surface area (Å²) in [5, 5.41) is 12.1. The number of nitrogens with zero attached hydrogens (tertiary/aromatic N) is 2. The Morgan fingerprint density at radius 3 is 2.75 bits per heavy atom. The number of fused-ring (bicyclic) bond motifs is 4. The van der Waals surface area contributed by atoms with Gasteiger partial charge in [0, 0.05) is 24.2 Å². The summed E-state index contributed by atoms with van der Waals surface area (Å²) in [6.45, 7) is 6.07. The number of rotatable bonds is 4. The van der Waals surface area contributed by atoms with Crippen molar-refractivity contribution in [3.63, 3.8) is 0 Å². The van der Waals surface area contributed by atoms with Crippen molar-refractivity contribution in [2.75, 3.05) is 20.2 Å². The molecule has 1 unspecified atom stereocenters. The van der Waals surface area contributed by atoms with E-state index in [9.17, 15) is 5.11 Å². The van der Waals surface area contributed by atoms with Gasteiger partial charge < -0.3 is 9.84 Å². The molecule has 152 valence electrons. The molecule has 3 aliphatic heterocycles. The van der Waals surface area contributed by atoms with Gasteiger partial charge in [0.05, 0.1) is 18.7 Å². The summed E-state index contributed by atoms with van der Waals surface area (Å²) in [7, 11) is 1.66. The molecule has 7 nitrogen and oxygen atoms in total. The Labute approximate surface area is 167 Å². The summed E-state index contributed by atoms with van der Waals surface area (Å²) in [6.07, 6.45) is 5.62. The lowest BCUT2D eigenvalue weighted by atomic mass is 9.73. The fourth-order valence-electron chi connectivity index (χ4n) is 4.44. The summed E-state index contributed by atoms with van der Waals surface area (Å²) in [5.41, 5.74) is 1.85. The van der Waals surface area contributed by atoms with E-state index in [4.69, 9.17) is 18.1 Å². The third kappa shape index (κ3) is 4.42. The zero-order valence-corrected chi connectivity index (χ0v) is 16.6. The predicted octanol–water partition coefficient (Wildman–Crippen LogP) is 2.85. The van der Waals surface area contributed by atoms with Crippen molar-refractivity contribution < 1.29 is 23.2 Å². The average Bonchev–Trinajstić information content (AvgIpc) is 2.72. The second-order valence-electron chi connectivity index (χ2n) is 7.21. The number of hydrogen-bond donors (Lipinski definition) is 3. The quantitative estimate of drug-likeness (QED) is 0.530. The van der Waals surface area contributed by atoms with E-state index in [2.05, 4.69) is 22.5 Å². The molecule has 5 rings (SSSR count). The van der Waals surface area contributed by atoms with Gasteiger partial charge in [0.1, 0.15) is 5.75 Å². The molecule has 2 bridgehead atoms. The third-order valence-electron chi connectivity index (χ3n) is 5.82. The molecule has 4 heterocycles. The minimum Gasteiger partial charge on any atom is -0.497 e. The number of pyridine rings is 1. The molecule has 8 heteroatoms. The highest BCUT2D eigenvalue weighted by molar-refractivity contribution is 7.73. The molecule has 3 N–H and O–H groups in total. The molecule has 5 atom stereocenters. The van der Waals surface area contributed by atoms with Crippen LogP contribution in [-0.4, -0.2) is 54.5 Å². The number of aliphatic hydroxyl groups is 1. The van der Waals surface area contributed by atoms with Gasteiger partial charge in [-0.3, -0.25) is 19.0 Å². The smallest absolute Gasteiger partial charge is 0.299 e. The maximum Gasteiger partial charge on any atom is 0.299 e. The van der Waals surface area contributed by atoms with E-state index in [1.54, 1.807) is 13.3 Å². The van der Waals surface area contributed by atoms with Gasteiger partial charge in [-0.25, -0.2) is 0 Å². The Morgan fingerprint density at radius 1 is 1.39 bits per heavy atom. The van der Waals surface area contributed by atoms with Gasteiger partial charge in [-0.1, -0.05) is 6.08 Å². The van der Waals surface area contributed by atoms with Crippen molar-refractivity contribution in [3.05, 3.63) is 48.7 Å². The van der Waals surface area contributed by atoms with E-state index in [0.717, 1.165) is 41.7 Å². The Hall–Kier alpha value is -1.84. The Balaban J connectivity index is 0.000000516. The van der Waals surface area contributed by atoms with Gasteiger partial charge in [0.15, 0.2) is 0 Å². The van der Waals surface area contributed by atoms with Crippen LogP contribution in [-0.2, 0) is 11.4 Å². The first-order valence-electron chi connectivity index (χ1n) is 9.21. The highest BCUT2D eigenvalue weighted by Gasteiger charge is 2.42. The van der Waals surface area contributed by atoms with Crippen LogP contribution < -0.4 is 4.74 Å². The van der Waals surface area contributed by atoms with E-state index >= 15 is 0 Å². The SMILES string of the molecule is C=C[C@H]1CN2CC[C@H]1C[C@@H]2[C@@H](O)c1ccnc2ccc(OC)cc12.O=S(O)O. The van der Waals surface area contributed by atoms with Crippen LogP contribution in [0.5, 0.6) is 5.75 Å². The van der Waals surface area contributed by atoms with Gasteiger partial charge in [-0.05, 0) is 61.1 Å². The lowest BCUT2D eigenvalue weighted by Gasteiger charge is -2.50. The van der Waals surface area contributed by atoms with Crippen LogP contribution in [0.2, 0.25) is 0 Å². The van der Waals surface area contributed by atoms with E-state index in [-0.39, 0.29) is 6.04 Å². The van der Waals surface area contributed by atoms with E-state index in [1.165, 1.54) is 6.42 Å². The number of aliphatic hydroxyl groups excluding tert-OH is 1. The number of benzene rings is 1. The molecule has 1 aromatic carbocycles. The molecule has 28 heavy (non-hydrogen) atoms. The van der Waals surface area contributed by atoms with Crippen LogP contribution in [0, 0.1) is 11.8 Å². The standard InChI is InChI=1S/C20H24N2O2.H2O3S/c1-3-13-12-22-9-7-14(13)10-19(22)20(23)16-6-8-21-18-5-4-15(24-2)11-17(16)18;1-4(2)3/h3-6,8,11,13-14,19-20,23H,1,7,9-10,12H2,2H3;(H2,1,2,3)/t13-,14-,19+,20-;/m0./s1. The summed E-state index contributed by atoms with van der Waals surface area (Å²) in [5.74, 6) is 2.01. The molecular weight excluding hydrogens is 380 g/mol. The lowest BCUT2D eigenvalue weighted by molar-refractivity contribution is -0.0444. The number of methoxy groups -OCH3 is 1. The molecule has 0 saturated carbocycles. The number of aromatic nitrogens is 1. The minimum absolute atomic E-state index is 0.178. The van der Waals surface area contributed by atoms with Gasteiger partial charge >= 0.3 is 0 Å². The average molecular weight is 407 g/mol. The molecule has 0 spiro atoms. The highest BCUT2D eigenvalue weighted by Crippen LogP contribution is 2.42. The predicted molar refractivity (Wildman–Crippen MR) is 108 cm³/mol. The van der Waals surface area contributed by atoms with E-state index in [1.807, 2.05) is 24.3 Å². The molecule has 0 radical (unpaired) electrons. The molecule has 3 saturated heterocycles. The first-order valence-corrected chi connectivity index (χ1v) is 10.3. The fraction of sp³-hybridized carbons (Fsp3) is 0.450. The molecule has 0 amide bonds. The second kappa shape index (κ2) is 9.11. The zero-order valence-electron chi connectivity index (χ0n) is 15.8. The molecule has 2 aromatic rings. The normalized spacial score (nSPS) is 27.2. The van der Waals surface area contributed by atoms with Gasteiger partial charge in [0.25, 0.3) is 11.4 Å². The van der Waals surface area contributed by atoms with E-state index in [0.29, 0.717) is 11.8 Å². The Bertz CT molecular complexity index is 858. The second-order valence-corrected chi connectivity index (χ2v) is 7.67. The number of ether oxygens (including phenoxy) is 1. The van der Waals surface area contributed by atoms with Crippen molar-refractivity contribution in [2.24, 2.45) is 11.8 Å². The summed E-state index contributed by atoms with van der Waals surface area (Å²) in [4.78, 5) is 6.86. The van der Waals surface area contributed by atoms with Gasteiger partial charge in [-0.2, -0.15) is 4.21 Å². The van der Waals surface area contributed by atoms with Crippen LogP contribution in [0.15, 0.2) is 43.1 Å². The monoisotopic (exact) mass is 406 g/mol. The molecule has 3 aliphatic rings. The Morgan fingerprint density at radius 2 is 2.14 bits per heavy atom. The van der Waals surface area contributed by atoms with E-state index < -0.39 is 17.5 Å². The molecule has 0 aliphatic carbocycles. The highest BCUT2D eigenvalue weighted by atomic mass is 32.2. The van der Waals surface area contributed by atoms with Gasteiger partial charge in [-0.15, -0.1) is 6.58 Å². The summed E-state index contributed by atoms with van der Waals surface area (Å²) < 4.78 is 28.2. The first-order chi connectivity index (χ1) is 13.4. The van der Waals surface area contributed by atoms with Crippen molar-refractivity contribution in [1.82, 2.24) is 9.88 Å². The first kappa shape index (κ1) is 20.9. The topological polar surface area (TPSA) is 103 Å². The van der Waals surface area contributed by atoms with Crippen molar-refractivity contribution in [2.45, 2.75) is 25.0 Å². The number of hydrogen-bond acceptors (Lipinski definition) is 5. The van der Waals surface area contributed by atoms with Crippen LogP contribution in [0.3, 0.4) is 0 Å². The zero-order chi connectivity index (χ0) is 20.3. The summed E-state index contributed by atoms with van der Waals surface area (Å²) in [6, 6.07) is 7.96. The Kier molecular flexibility index (Phi) is 6.79. The lowest BCUT2D eigenvalue weighted by Crippen LogP contribution is -2.54. The van der Waals surface area contributed by atoms with Crippen LogP contribution in [0.1, 0.15) is 24.5 Å². The van der Waals surface area contributed by atoms with Crippen LogP contribution in [0.4, 0.5) is 0 Å². The molecule has 3 fully saturated rings. The van der Waals surface area contributed by atoms with Crippen LogP contribution in [0.25, 0.3) is 10.9 Å². The van der Waals surface area contributed by atoms with Crippen LogP contribution >= 0.6 is 0 Å². The summed E-state index contributed by atoms with van der Waals surface area (Å²) >= 11 is -2.61. The maximum atomic E-state index is 11.2. The molecule has 1 aromatic heterocycles. The minimum atomic E-state index is -2.61. The van der Waals surface area contributed by atoms with Crippen molar-refractivity contribution in [3.8, 4) is 5.75 Å². The largest absolute Gasteiger partial charge is 0.497 e. The number of piperidine rings is 3. The van der Waals surface area contributed by atoms with Gasteiger partial charge in [0.2, 0.25) is 0 Å². The molecular formula is C20H26N2O5S.